The summed E-state index contributed by atoms with van der Waals surface area (Å²) in [5.41, 5.74) is 0. The Bertz CT molecular complexity index is 453. The number of nitrogens with zero attached hydrogens (tertiary/aromatic N) is 1. The Kier molecular flexibility index (Phi) is 4.43. The molecule has 11 heteroatoms. The molecule has 2 rings (SSSR count). The minimum Gasteiger partial charge on any atom is -0.390 e. The van der Waals surface area contributed by atoms with Crippen molar-refractivity contribution in [3.8, 4) is 0 Å². The molecule has 0 radical (unpaired) electrons. The first kappa shape index (κ1) is 15.4. The fourth-order valence-electron chi connectivity index (χ4n) is 2.10. The molecule has 3 atom stereocenters. The number of nitrogens with one attached hydrogen (secondary N) is 2. The van der Waals surface area contributed by atoms with E-state index in [1.165, 1.54) is 4.90 Å². The lowest BCUT2D eigenvalue weighted by Gasteiger charge is -2.32. The van der Waals surface area contributed by atoms with E-state index >= 15 is 0 Å². The van der Waals surface area contributed by atoms with Crippen molar-refractivity contribution < 1.29 is 33.5 Å². The normalized spacial score (nSPS) is 31.6. The zero-order valence-corrected chi connectivity index (χ0v) is 11.3. The van der Waals surface area contributed by atoms with Crippen LogP contribution in [0.5, 0.6) is 0 Å². The Morgan fingerprint density at radius 1 is 1.55 bits per heavy atom. The van der Waals surface area contributed by atoms with E-state index in [2.05, 4.69) is 9.84 Å². The number of phosphoric ester groups is 1. The molecule has 0 unspecified atom stereocenters. The Morgan fingerprint density at radius 3 is 2.85 bits per heavy atom. The molecule has 5 N–H and O–H groups in total. The van der Waals surface area contributed by atoms with Crippen molar-refractivity contribution in [3.05, 3.63) is 0 Å². The molecule has 0 aromatic carbocycles. The second-order valence-corrected chi connectivity index (χ2v) is 5.81. The Morgan fingerprint density at radius 2 is 2.25 bits per heavy atom. The number of amides is 2. The molecule has 0 spiro atoms. The topological polar surface area (TPSA) is 152 Å². The van der Waals surface area contributed by atoms with Crippen LogP contribution in [0, 0.1) is 5.41 Å². The molecular formula is C9H16N3O7P. The van der Waals surface area contributed by atoms with E-state index in [-0.39, 0.29) is 18.8 Å². The van der Waals surface area contributed by atoms with E-state index in [9.17, 15) is 14.5 Å². The quantitative estimate of drug-likeness (QED) is 0.416. The van der Waals surface area contributed by atoms with E-state index in [1.54, 1.807) is 0 Å². The zero-order valence-electron chi connectivity index (χ0n) is 10.4. The van der Waals surface area contributed by atoms with Crippen molar-refractivity contribution in [1.29, 1.82) is 5.41 Å². The first-order valence-electron chi connectivity index (χ1n) is 5.95. The lowest BCUT2D eigenvalue weighted by molar-refractivity contribution is -0.0632. The molecule has 114 valence electrons. The van der Waals surface area contributed by atoms with Crippen molar-refractivity contribution >= 4 is 19.7 Å². The highest BCUT2D eigenvalue weighted by Crippen LogP contribution is 2.37. The highest BCUT2D eigenvalue weighted by molar-refractivity contribution is 7.46. The number of phosphoric acid groups is 1. The third-order valence-electron chi connectivity index (χ3n) is 3.08. The summed E-state index contributed by atoms with van der Waals surface area (Å²) < 4.78 is 20.3. The first-order chi connectivity index (χ1) is 9.26. The van der Waals surface area contributed by atoms with Gasteiger partial charge in [-0.15, -0.1) is 0 Å². The van der Waals surface area contributed by atoms with Gasteiger partial charge in [0.15, 0.2) is 0 Å². The minimum absolute atomic E-state index is 0.117. The molecule has 2 fully saturated rings. The second-order valence-electron chi connectivity index (χ2n) is 4.57. The Hall–Kier alpha value is -1.03. The third-order valence-corrected chi connectivity index (χ3v) is 3.57. The molecule has 2 heterocycles. The van der Waals surface area contributed by atoms with Gasteiger partial charge in [-0.2, -0.15) is 0 Å². The van der Waals surface area contributed by atoms with Crippen LogP contribution in [0.25, 0.3) is 0 Å². The number of carbonyl (C=O) groups excluding carboxylic acids is 1. The minimum atomic E-state index is -4.63. The highest BCUT2D eigenvalue weighted by atomic mass is 31.2. The van der Waals surface area contributed by atoms with Crippen LogP contribution >= 0.6 is 7.82 Å². The van der Waals surface area contributed by atoms with E-state index in [4.69, 9.17) is 19.9 Å². The summed E-state index contributed by atoms with van der Waals surface area (Å²) in [6.45, 7) is -0.179. The lowest BCUT2D eigenvalue weighted by Crippen LogP contribution is -2.53. The zero-order chi connectivity index (χ0) is 14.9. The van der Waals surface area contributed by atoms with Gasteiger partial charge in [-0.05, 0) is 0 Å². The van der Waals surface area contributed by atoms with Crippen LogP contribution in [-0.2, 0) is 13.8 Å². The van der Waals surface area contributed by atoms with Crippen LogP contribution < -0.4 is 5.32 Å². The molecule has 2 aliphatic rings. The van der Waals surface area contributed by atoms with Gasteiger partial charge in [0.1, 0.15) is 18.2 Å². The average molecular weight is 309 g/mol. The molecule has 0 bridgehead atoms. The maximum atomic E-state index is 11.7. The molecule has 0 aliphatic carbocycles. The number of aliphatic hydroxyl groups excluding tert-OH is 1. The van der Waals surface area contributed by atoms with Crippen LogP contribution in [0.3, 0.4) is 0 Å². The number of hydrogen-bond acceptors (Lipinski definition) is 6. The smallest absolute Gasteiger partial charge is 0.390 e. The molecule has 20 heavy (non-hydrogen) atoms. The molecule has 0 aromatic heterocycles. The summed E-state index contributed by atoms with van der Waals surface area (Å²) in [6, 6.07) is -0.491. The fourth-order valence-corrected chi connectivity index (χ4v) is 2.44. The first-order valence-corrected chi connectivity index (χ1v) is 7.48. The number of hydrogen-bond donors (Lipinski definition) is 5. The van der Waals surface area contributed by atoms with Crippen LogP contribution in [0.2, 0.25) is 0 Å². The summed E-state index contributed by atoms with van der Waals surface area (Å²) in [5, 5.41) is 19.4. The highest BCUT2D eigenvalue weighted by Gasteiger charge is 2.41. The van der Waals surface area contributed by atoms with Crippen LogP contribution in [0.1, 0.15) is 12.8 Å². The van der Waals surface area contributed by atoms with Gasteiger partial charge in [-0.25, -0.2) is 9.36 Å². The SMILES string of the molecule is N=C1CCN([C@H]2C[C@@H](O)[C@@H](COP(=O)(O)O)O2)C(=O)N1. The van der Waals surface area contributed by atoms with Gasteiger partial charge >= 0.3 is 13.9 Å². The van der Waals surface area contributed by atoms with Gasteiger partial charge in [0, 0.05) is 19.4 Å². The van der Waals surface area contributed by atoms with Crippen molar-refractivity contribution in [1.82, 2.24) is 10.2 Å². The lowest BCUT2D eigenvalue weighted by atomic mass is 10.2. The van der Waals surface area contributed by atoms with Gasteiger partial charge in [0.2, 0.25) is 0 Å². The van der Waals surface area contributed by atoms with Crippen LogP contribution in [0.4, 0.5) is 4.79 Å². The molecule has 2 saturated heterocycles. The predicted molar refractivity (Wildman–Crippen MR) is 64.9 cm³/mol. The number of amidine groups is 1. The van der Waals surface area contributed by atoms with Crippen molar-refractivity contribution in [2.24, 2.45) is 0 Å². The van der Waals surface area contributed by atoms with Crippen molar-refractivity contribution in [3.63, 3.8) is 0 Å². The average Bonchev–Trinajstić information content (AvgIpc) is 2.67. The van der Waals surface area contributed by atoms with Gasteiger partial charge in [0.25, 0.3) is 0 Å². The standard InChI is InChI=1S/C9H16N3O7P/c10-7-1-2-12(9(14)11-7)8-3-5(13)6(19-8)4-18-20(15,16)17/h5-6,8,13H,1-4H2,(H2,10,11,14)(H2,15,16,17)/t5-,6-,8-/m1/s1. The van der Waals surface area contributed by atoms with E-state index < -0.39 is 38.9 Å². The van der Waals surface area contributed by atoms with Gasteiger partial charge in [-0.3, -0.25) is 20.1 Å². The molecule has 2 amide bonds. The van der Waals surface area contributed by atoms with Gasteiger partial charge < -0.3 is 19.6 Å². The van der Waals surface area contributed by atoms with Crippen LogP contribution in [-0.4, -0.2) is 63.2 Å². The molecule has 0 aromatic rings. The predicted octanol–water partition coefficient (Wildman–Crippen LogP) is -1.04. The number of rotatable bonds is 4. The molecular weight excluding hydrogens is 293 g/mol. The number of urea groups is 1. The maximum absolute atomic E-state index is 11.7. The Balaban J connectivity index is 1.91. The summed E-state index contributed by atoms with van der Waals surface area (Å²) in [6.07, 6.45) is -2.13. The summed E-state index contributed by atoms with van der Waals surface area (Å²) >= 11 is 0. The number of aliphatic hydroxyl groups is 1. The second kappa shape index (κ2) is 5.76. The van der Waals surface area contributed by atoms with Gasteiger partial charge in [0.05, 0.1) is 12.7 Å². The van der Waals surface area contributed by atoms with Gasteiger partial charge in [-0.1, -0.05) is 0 Å². The number of ether oxygens (including phenoxy) is 1. The van der Waals surface area contributed by atoms with E-state index in [0.29, 0.717) is 6.42 Å². The van der Waals surface area contributed by atoms with Crippen molar-refractivity contribution in [2.45, 2.75) is 31.3 Å². The molecule has 0 saturated carbocycles. The van der Waals surface area contributed by atoms with E-state index in [0.717, 1.165) is 0 Å². The third kappa shape index (κ3) is 3.75. The van der Waals surface area contributed by atoms with E-state index in [1.807, 2.05) is 0 Å². The summed E-state index contributed by atoms with van der Waals surface area (Å²) in [4.78, 5) is 30.2. The monoisotopic (exact) mass is 309 g/mol. The van der Waals surface area contributed by atoms with Crippen LogP contribution in [0.15, 0.2) is 0 Å². The summed E-state index contributed by atoms with van der Waals surface area (Å²) in [5.74, 6) is 0.117. The van der Waals surface area contributed by atoms with Crippen molar-refractivity contribution in [2.75, 3.05) is 13.2 Å². The largest absolute Gasteiger partial charge is 0.469 e. The molecule has 2 aliphatic heterocycles. The fraction of sp³-hybridized carbons (Fsp3) is 0.778. The maximum Gasteiger partial charge on any atom is 0.469 e. The molecule has 10 nitrogen and oxygen atoms in total. The summed E-state index contributed by atoms with van der Waals surface area (Å²) in [7, 11) is -4.63. The number of carbonyl (C=O) groups is 1. The Labute approximate surface area is 114 Å².